The summed E-state index contributed by atoms with van der Waals surface area (Å²) in [6.07, 6.45) is 0.690. The Morgan fingerprint density at radius 1 is 0.929 bits per heavy atom. The molecule has 0 radical (unpaired) electrons. The molecule has 0 aliphatic heterocycles. The van der Waals surface area contributed by atoms with Gasteiger partial charge in [-0.15, -0.1) is 0 Å². The maximum atomic E-state index is 14.1. The number of rotatable bonds is 13. The van der Waals surface area contributed by atoms with E-state index in [1.54, 1.807) is 31.2 Å². The number of carbonyl (C=O) groups excluding carboxylic acids is 2. The summed E-state index contributed by atoms with van der Waals surface area (Å²) in [6, 6.07) is 15.4. The van der Waals surface area contributed by atoms with Crippen molar-refractivity contribution in [1.29, 1.82) is 0 Å². The van der Waals surface area contributed by atoms with Gasteiger partial charge >= 0.3 is 0 Å². The molecule has 42 heavy (non-hydrogen) atoms. The molecule has 0 fully saturated rings. The van der Waals surface area contributed by atoms with Crippen LogP contribution in [0, 0.1) is 12.7 Å². The third-order valence-corrected chi connectivity index (χ3v) is 8.75. The van der Waals surface area contributed by atoms with Crippen LogP contribution in [0.4, 0.5) is 10.1 Å². The Hall–Kier alpha value is -4.12. The van der Waals surface area contributed by atoms with Gasteiger partial charge in [-0.05, 0) is 69.2 Å². The fraction of sp³-hybridized carbons (Fsp3) is 0.355. The van der Waals surface area contributed by atoms with Crippen LogP contribution in [0.15, 0.2) is 71.6 Å². The summed E-state index contributed by atoms with van der Waals surface area (Å²) in [5.74, 6) is -0.881. The van der Waals surface area contributed by atoms with Gasteiger partial charge in [0.1, 0.15) is 18.4 Å². The Labute approximate surface area is 247 Å². The molecule has 1 N–H and O–H groups in total. The molecule has 0 saturated heterocycles. The molecule has 0 aromatic heterocycles. The highest BCUT2D eigenvalue weighted by Crippen LogP contribution is 2.32. The number of anilines is 1. The number of hydrogen-bond acceptors (Lipinski definition) is 6. The summed E-state index contributed by atoms with van der Waals surface area (Å²) in [5, 5.41) is 2.88. The minimum atomic E-state index is -4.30. The first-order valence-corrected chi connectivity index (χ1v) is 15.0. The van der Waals surface area contributed by atoms with E-state index in [1.807, 2.05) is 20.8 Å². The Balaban J connectivity index is 2.06. The number of carbonyl (C=O) groups is 2. The number of aryl methyl sites for hydroxylation is 1. The Kier molecular flexibility index (Phi) is 10.9. The van der Waals surface area contributed by atoms with Gasteiger partial charge in [0.05, 0.1) is 24.8 Å². The molecule has 0 spiro atoms. The summed E-state index contributed by atoms with van der Waals surface area (Å²) < 4.78 is 53.3. The lowest BCUT2D eigenvalue weighted by Gasteiger charge is -2.32. The molecule has 9 nitrogen and oxygen atoms in total. The van der Waals surface area contributed by atoms with Crippen LogP contribution in [0.5, 0.6) is 11.5 Å². The van der Waals surface area contributed by atoms with E-state index in [9.17, 15) is 22.4 Å². The summed E-state index contributed by atoms with van der Waals surface area (Å²) in [7, 11) is -1.46. The molecule has 3 aromatic rings. The number of nitrogens with zero attached hydrogens (tertiary/aromatic N) is 2. The highest BCUT2D eigenvalue weighted by atomic mass is 32.2. The van der Waals surface area contributed by atoms with Crippen LogP contribution in [0.25, 0.3) is 0 Å². The van der Waals surface area contributed by atoms with E-state index in [0.717, 1.165) is 9.87 Å². The van der Waals surface area contributed by atoms with Crippen molar-refractivity contribution in [2.24, 2.45) is 0 Å². The first-order valence-electron chi connectivity index (χ1n) is 13.6. The van der Waals surface area contributed by atoms with Crippen molar-refractivity contribution < 1.29 is 31.9 Å². The largest absolute Gasteiger partial charge is 0.493 e. The van der Waals surface area contributed by atoms with E-state index < -0.39 is 34.3 Å². The third-order valence-electron chi connectivity index (χ3n) is 6.98. The maximum absolute atomic E-state index is 14.1. The lowest BCUT2D eigenvalue weighted by atomic mass is 10.1. The molecule has 3 aromatic carbocycles. The first-order chi connectivity index (χ1) is 19.9. The standard InChI is InChI=1S/C31H38FN3O6S/c1-7-22(3)33-31(37)23(4)34(19-24-10-12-25(32)13-11-24)30(36)20-35(26-14-8-21(2)9-15-26)42(38,39)27-16-17-28(40-5)29(18-27)41-6/h8-18,22-23H,7,19-20H2,1-6H3,(H,33,37)/t22-,23+/m0/s1. The van der Waals surface area contributed by atoms with Crippen LogP contribution in [-0.2, 0) is 26.2 Å². The van der Waals surface area contributed by atoms with Crippen molar-refractivity contribution in [1.82, 2.24) is 10.2 Å². The van der Waals surface area contributed by atoms with Crippen molar-refractivity contribution in [3.05, 3.63) is 83.7 Å². The fourth-order valence-corrected chi connectivity index (χ4v) is 5.61. The van der Waals surface area contributed by atoms with E-state index in [-0.39, 0.29) is 34.8 Å². The van der Waals surface area contributed by atoms with Crippen LogP contribution < -0.4 is 19.1 Å². The highest BCUT2D eigenvalue weighted by molar-refractivity contribution is 7.92. The zero-order chi connectivity index (χ0) is 31.0. The van der Waals surface area contributed by atoms with Crippen LogP contribution >= 0.6 is 0 Å². The van der Waals surface area contributed by atoms with Crippen molar-refractivity contribution in [2.45, 2.75) is 57.6 Å². The number of benzene rings is 3. The Morgan fingerprint density at radius 3 is 2.12 bits per heavy atom. The fourth-order valence-electron chi connectivity index (χ4n) is 4.18. The molecule has 0 bridgehead atoms. The van der Waals surface area contributed by atoms with Crippen molar-refractivity contribution in [3.63, 3.8) is 0 Å². The quantitative estimate of drug-likeness (QED) is 0.306. The molecule has 2 atom stereocenters. The van der Waals surface area contributed by atoms with Crippen LogP contribution in [0.1, 0.15) is 38.3 Å². The van der Waals surface area contributed by atoms with Crippen LogP contribution in [0.3, 0.4) is 0 Å². The van der Waals surface area contributed by atoms with Gasteiger partial charge in [-0.2, -0.15) is 0 Å². The minimum absolute atomic E-state index is 0.0354. The number of methoxy groups -OCH3 is 2. The van der Waals surface area contributed by atoms with E-state index in [4.69, 9.17) is 9.47 Å². The molecule has 0 aliphatic carbocycles. The van der Waals surface area contributed by atoms with Gasteiger partial charge in [0.25, 0.3) is 10.0 Å². The molecular weight excluding hydrogens is 561 g/mol. The predicted molar refractivity (Wildman–Crippen MR) is 160 cm³/mol. The second-order valence-electron chi connectivity index (χ2n) is 10.0. The van der Waals surface area contributed by atoms with E-state index in [2.05, 4.69) is 5.32 Å². The lowest BCUT2D eigenvalue weighted by molar-refractivity contribution is -0.139. The van der Waals surface area contributed by atoms with Crippen molar-refractivity contribution in [3.8, 4) is 11.5 Å². The smallest absolute Gasteiger partial charge is 0.264 e. The van der Waals surface area contributed by atoms with Gasteiger partial charge in [0.2, 0.25) is 11.8 Å². The number of amides is 2. The minimum Gasteiger partial charge on any atom is -0.493 e. The van der Waals surface area contributed by atoms with Gasteiger partial charge in [-0.25, -0.2) is 12.8 Å². The third kappa shape index (κ3) is 7.79. The summed E-state index contributed by atoms with van der Waals surface area (Å²) in [5.41, 5.74) is 1.75. The number of halogens is 1. The SMILES string of the molecule is CC[C@H](C)NC(=O)[C@@H](C)N(Cc1ccc(F)cc1)C(=O)CN(c1ccc(C)cc1)S(=O)(=O)c1ccc(OC)c(OC)c1. The molecule has 2 amide bonds. The highest BCUT2D eigenvalue weighted by Gasteiger charge is 2.33. The van der Waals surface area contributed by atoms with Gasteiger partial charge in [-0.1, -0.05) is 36.8 Å². The van der Waals surface area contributed by atoms with E-state index in [1.165, 1.54) is 61.6 Å². The Morgan fingerprint density at radius 2 is 1.55 bits per heavy atom. The molecular formula is C31H38FN3O6S. The van der Waals surface area contributed by atoms with Gasteiger partial charge < -0.3 is 19.7 Å². The second-order valence-corrected chi connectivity index (χ2v) is 11.9. The van der Waals surface area contributed by atoms with E-state index in [0.29, 0.717) is 17.7 Å². The van der Waals surface area contributed by atoms with Gasteiger partial charge in [0, 0.05) is 18.7 Å². The van der Waals surface area contributed by atoms with Crippen LogP contribution in [-0.4, -0.2) is 58.0 Å². The second kappa shape index (κ2) is 14.2. The Bertz CT molecular complexity index is 1480. The topological polar surface area (TPSA) is 105 Å². The molecule has 0 heterocycles. The molecule has 3 rings (SSSR count). The average molecular weight is 600 g/mol. The molecule has 11 heteroatoms. The number of hydrogen-bond donors (Lipinski definition) is 1. The monoisotopic (exact) mass is 599 g/mol. The summed E-state index contributed by atoms with van der Waals surface area (Å²) in [6.45, 7) is 6.59. The molecule has 0 aliphatic rings. The maximum Gasteiger partial charge on any atom is 0.264 e. The summed E-state index contributed by atoms with van der Waals surface area (Å²) in [4.78, 5) is 28.3. The first kappa shape index (κ1) is 32.4. The zero-order valence-electron chi connectivity index (χ0n) is 24.8. The molecule has 0 saturated carbocycles. The van der Waals surface area contributed by atoms with Gasteiger partial charge in [-0.3, -0.25) is 13.9 Å². The zero-order valence-corrected chi connectivity index (χ0v) is 25.6. The molecule has 226 valence electrons. The summed E-state index contributed by atoms with van der Waals surface area (Å²) >= 11 is 0. The van der Waals surface area contributed by atoms with Crippen LogP contribution in [0.2, 0.25) is 0 Å². The van der Waals surface area contributed by atoms with Gasteiger partial charge in [0.15, 0.2) is 11.5 Å². The van der Waals surface area contributed by atoms with E-state index >= 15 is 0 Å². The number of ether oxygens (including phenoxy) is 2. The number of sulfonamides is 1. The lowest BCUT2D eigenvalue weighted by Crippen LogP contribution is -2.52. The number of nitrogens with one attached hydrogen (secondary N) is 1. The molecule has 0 unspecified atom stereocenters. The van der Waals surface area contributed by atoms with Crippen molar-refractivity contribution in [2.75, 3.05) is 25.1 Å². The predicted octanol–water partition coefficient (Wildman–Crippen LogP) is 4.68. The normalized spacial score (nSPS) is 12.6. The van der Waals surface area contributed by atoms with Crippen molar-refractivity contribution >= 4 is 27.5 Å². The average Bonchev–Trinajstić information content (AvgIpc) is 2.98.